The number of aromatic hydroxyl groups is 1. The monoisotopic (exact) mass is 170 g/mol. The van der Waals surface area contributed by atoms with Gasteiger partial charge in [-0.05, 0) is 29.7 Å². The van der Waals surface area contributed by atoms with Gasteiger partial charge in [-0.25, -0.2) is 0 Å². The molecule has 0 radical (unpaired) electrons. The van der Waals surface area contributed by atoms with Crippen LogP contribution in [0.5, 0.6) is 5.75 Å². The fourth-order valence-electron chi connectivity index (χ4n) is 0.988. The van der Waals surface area contributed by atoms with Crippen molar-refractivity contribution in [3.63, 3.8) is 0 Å². The zero-order chi connectivity index (χ0) is 8.43. The fraction of sp³-hybridized carbons (Fsp3) is 0.333. The van der Waals surface area contributed by atoms with Crippen LogP contribution in [0.2, 0.25) is 5.02 Å². The van der Waals surface area contributed by atoms with Crippen LogP contribution in [0.15, 0.2) is 18.2 Å². The van der Waals surface area contributed by atoms with Crippen LogP contribution >= 0.6 is 11.6 Å². The van der Waals surface area contributed by atoms with Crippen LogP contribution in [-0.2, 0) is 0 Å². The van der Waals surface area contributed by atoms with Crippen LogP contribution < -0.4 is 0 Å². The molecule has 60 valence electrons. The van der Waals surface area contributed by atoms with Crippen molar-refractivity contribution in [1.82, 2.24) is 0 Å². The molecule has 0 aliphatic heterocycles. The lowest BCUT2D eigenvalue weighted by Gasteiger charge is -2.07. The van der Waals surface area contributed by atoms with Gasteiger partial charge in [-0.1, -0.05) is 25.4 Å². The molecule has 0 saturated carbocycles. The van der Waals surface area contributed by atoms with Gasteiger partial charge in [0, 0.05) is 5.02 Å². The summed E-state index contributed by atoms with van der Waals surface area (Å²) in [4.78, 5) is 0. The molecule has 1 aromatic rings. The molecule has 1 N–H and O–H groups in total. The zero-order valence-electron chi connectivity index (χ0n) is 6.63. The maximum absolute atomic E-state index is 9.35. The Balaban J connectivity index is 3.13. The van der Waals surface area contributed by atoms with Gasteiger partial charge in [-0.2, -0.15) is 0 Å². The predicted octanol–water partition coefficient (Wildman–Crippen LogP) is 3.17. The second-order valence-corrected chi connectivity index (χ2v) is 3.29. The Labute approximate surface area is 71.6 Å². The molecule has 0 saturated heterocycles. The van der Waals surface area contributed by atoms with Crippen molar-refractivity contribution in [2.75, 3.05) is 0 Å². The van der Waals surface area contributed by atoms with Gasteiger partial charge in [0.1, 0.15) is 5.75 Å². The van der Waals surface area contributed by atoms with Crippen LogP contribution in [0.1, 0.15) is 25.3 Å². The summed E-state index contributed by atoms with van der Waals surface area (Å²) in [7, 11) is 0. The van der Waals surface area contributed by atoms with E-state index in [9.17, 15) is 5.11 Å². The minimum Gasteiger partial charge on any atom is -0.508 e. The first kappa shape index (κ1) is 8.41. The molecule has 1 aromatic carbocycles. The lowest BCUT2D eigenvalue weighted by molar-refractivity contribution is 0.465. The molecule has 0 spiro atoms. The molecule has 1 nitrogen and oxygen atoms in total. The van der Waals surface area contributed by atoms with E-state index in [1.807, 2.05) is 13.8 Å². The third-order valence-corrected chi connectivity index (χ3v) is 1.85. The van der Waals surface area contributed by atoms with Gasteiger partial charge < -0.3 is 5.11 Å². The average molecular weight is 171 g/mol. The molecule has 2 heteroatoms. The maximum Gasteiger partial charge on any atom is 0.119 e. The molecule has 0 aliphatic carbocycles. The van der Waals surface area contributed by atoms with Crippen molar-refractivity contribution < 1.29 is 5.11 Å². The Bertz CT molecular complexity index is 256. The Morgan fingerprint density at radius 2 is 2.00 bits per heavy atom. The molecule has 0 amide bonds. The van der Waals surface area contributed by atoms with Gasteiger partial charge in [0.05, 0.1) is 0 Å². The van der Waals surface area contributed by atoms with Crippen molar-refractivity contribution in [1.29, 1.82) is 0 Å². The fourth-order valence-corrected chi connectivity index (χ4v) is 1.17. The summed E-state index contributed by atoms with van der Waals surface area (Å²) in [6.07, 6.45) is 0. The van der Waals surface area contributed by atoms with Crippen LogP contribution in [0.25, 0.3) is 0 Å². The van der Waals surface area contributed by atoms with Crippen molar-refractivity contribution in [2.24, 2.45) is 0 Å². The first-order valence-electron chi connectivity index (χ1n) is 3.59. The van der Waals surface area contributed by atoms with E-state index in [1.54, 1.807) is 18.2 Å². The Hall–Kier alpha value is -0.690. The molecule has 1 rings (SSSR count). The average Bonchev–Trinajstić information content (AvgIpc) is 1.94. The summed E-state index contributed by atoms with van der Waals surface area (Å²) in [6.45, 7) is 4.04. The summed E-state index contributed by atoms with van der Waals surface area (Å²) in [5, 5.41) is 10.0. The summed E-state index contributed by atoms with van der Waals surface area (Å²) >= 11 is 5.75. The van der Waals surface area contributed by atoms with Gasteiger partial charge in [-0.3, -0.25) is 0 Å². The highest BCUT2D eigenvalue weighted by molar-refractivity contribution is 6.30. The van der Waals surface area contributed by atoms with Crippen molar-refractivity contribution in [3.8, 4) is 5.75 Å². The van der Waals surface area contributed by atoms with Gasteiger partial charge in [-0.15, -0.1) is 0 Å². The van der Waals surface area contributed by atoms with Crippen LogP contribution in [0.4, 0.5) is 0 Å². The second-order valence-electron chi connectivity index (χ2n) is 2.86. The maximum atomic E-state index is 9.35. The second kappa shape index (κ2) is 3.14. The minimum atomic E-state index is 0.314. The molecule has 0 heterocycles. The van der Waals surface area contributed by atoms with Crippen LogP contribution in [0, 0.1) is 0 Å². The molecular weight excluding hydrogens is 160 g/mol. The molecule has 0 bridgehead atoms. The van der Waals surface area contributed by atoms with Gasteiger partial charge >= 0.3 is 0 Å². The summed E-state index contributed by atoms with van der Waals surface area (Å²) in [5.41, 5.74) is 0.900. The highest BCUT2D eigenvalue weighted by Crippen LogP contribution is 2.27. The van der Waals surface area contributed by atoms with E-state index in [1.165, 1.54) is 0 Å². The van der Waals surface area contributed by atoms with E-state index >= 15 is 0 Å². The largest absolute Gasteiger partial charge is 0.508 e. The smallest absolute Gasteiger partial charge is 0.119 e. The zero-order valence-corrected chi connectivity index (χ0v) is 7.39. The molecule has 0 fully saturated rings. The Morgan fingerprint density at radius 1 is 1.36 bits per heavy atom. The quantitative estimate of drug-likeness (QED) is 0.687. The van der Waals surface area contributed by atoms with Crippen molar-refractivity contribution in [3.05, 3.63) is 28.8 Å². The summed E-state index contributed by atoms with van der Waals surface area (Å²) in [6, 6.07) is 5.10. The third kappa shape index (κ3) is 1.87. The lowest BCUT2D eigenvalue weighted by Crippen LogP contribution is -1.87. The third-order valence-electron chi connectivity index (χ3n) is 1.61. The molecule has 0 unspecified atom stereocenters. The number of hydrogen-bond acceptors (Lipinski definition) is 1. The Morgan fingerprint density at radius 3 is 2.45 bits per heavy atom. The topological polar surface area (TPSA) is 20.2 Å². The molecule has 0 atom stereocenters. The number of benzene rings is 1. The number of halogens is 1. The standard InChI is InChI=1S/C9H11ClO/c1-6(2)8-5-7(10)3-4-9(8)11/h3-6,11H,1-2H3. The highest BCUT2D eigenvalue weighted by atomic mass is 35.5. The first-order chi connectivity index (χ1) is 5.11. The van der Waals surface area contributed by atoms with Crippen LogP contribution in [-0.4, -0.2) is 5.11 Å². The molecular formula is C9H11ClO. The first-order valence-corrected chi connectivity index (χ1v) is 3.97. The van der Waals surface area contributed by atoms with E-state index in [0.717, 1.165) is 5.56 Å². The van der Waals surface area contributed by atoms with Gasteiger partial charge in [0.15, 0.2) is 0 Å². The summed E-state index contributed by atoms with van der Waals surface area (Å²) < 4.78 is 0. The number of rotatable bonds is 1. The van der Waals surface area contributed by atoms with Gasteiger partial charge in [0.2, 0.25) is 0 Å². The molecule has 0 aromatic heterocycles. The molecule has 0 aliphatic rings. The minimum absolute atomic E-state index is 0.314. The lowest BCUT2D eigenvalue weighted by atomic mass is 10.0. The highest BCUT2D eigenvalue weighted by Gasteiger charge is 2.04. The molecule has 11 heavy (non-hydrogen) atoms. The SMILES string of the molecule is CC(C)c1cc(Cl)ccc1O. The number of hydrogen-bond donors (Lipinski definition) is 1. The normalized spacial score (nSPS) is 10.5. The Kier molecular flexibility index (Phi) is 2.40. The van der Waals surface area contributed by atoms with E-state index in [2.05, 4.69) is 0 Å². The van der Waals surface area contributed by atoms with E-state index in [4.69, 9.17) is 11.6 Å². The van der Waals surface area contributed by atoms with Crippen molar-refractivity contribution >= 4 is 11.6 Å². The number of phenolic OH excluding ortho intramolecular Hbond substituents is 1. The number of phenols is 1. The predicted molar refractivity (Wildman–Crippen MR) is 47.2 cm³/mol. The van der Waals surface area contributed by atoms with E-state index in [0.29, 0.717) is 16.7 Å². The van der Waals surface area contributed by atoms with Gasteiger partial charge in [0.25, 0.3) is 0 Å². The van der Waals surface area contributed by atoms with E-state index < -0.39 is 0 Å². The summed E-state index contributed by atoms with van der Waals surface area (Å²) in [5.74, 6) is 0.637. The van der Waals surface area contributed by atoms with Crippen molar-refractivity contribution in [2.45, 2.75) is 19.8 Å². The van der Waals surface area contributed by atoms with Crippen LogP contribution in [0.3, 0.4) is 0 Å². The van der Waals surface area contributed by atoms with E-state index in [-0.39, 0.29) is 0 Å².